The van der Waals surface area contributed by atoms with Crippen LogP contribution in [-0.2, 0) is 10.2 Å². The molecule has 0 unspecified atom stereocenters. The van der Waals surface area contributed by atoms with E-state index in [2.05, 4.69) is 51.5 Å². The van der Waals surface area contributed by atoms with Gasteiger partial charge in [0.05, 0.1) is 5.56 Å². The van der Waals surface area contributed by atoms with Gasteiger partial charge in [-0.25, -0.2) is 15.1 Å². The van der Waals surface area contributed by atoms with Crippen LogP contribution in [0.1, 0.15) is 0 Å². The van der Waals surface area contributed by atoms with E-state index in [9.17, 15) is 13.6 Å². The summed E-state index contributed by atoms with van der Waals surface area (Å²) in [6.45, 7) is -0.0221. The number of nitrogens with zero attached hydrogens (tertiary/aromatic N) is 4. The van der Waals surface area contributed by atoms with Crippen molar-refractivity contribution >= 4 is 47.9 Å². The molecule has 3 rings (SSSR count). The fourth-order valence-corrected chi connectivity index (χ4v) is 3.29. The fraction of sp³-hybridized carbons (Fsp3) is 0.125. The smallest absolute Gasteiger partial charge is 0.501 e. The van der Waals surface area contributed by atoms with Crippen LogP contribution in [0.15, 0.2) is 51.9 Å². The molecule has 0 aliphatic carbocycles. The molecule has 0 bridgehead atoms. The van der Waals surface area contributed by atoms with Gasteiger partial charge in [-0.05, 0) is 38.6 Å². The number of benzene rings is 1. The van der Waals surface area contributed by atoms with Crippen LogP contribution in [0.3, 0.4) is 0 Å². The van der Waals surface area contributed by atoms with Gasteiger partial charge in [0.15, 0.2) is 12.0 Å². The molecule has 0 saturated heterocycles. The molecular formula is C16H14Br2N6O5S. The Morgan fingerprint density at radius 3 is 2.43 bits per heavy atom. The molecule has 0 aliphatic rings. The van der Waals surface area contributed by atoms with Crippen molar-refractivity contribution in [1.82, 2.24) is 15.0 Å². The lowest BCUT2D eigenvalue weighted by atomic mass is 10.1. The minimum atomic E-state index is -4.08. The Hall–Kier alpha value is -2.55. The second-order valence-electron chi connectivity index (χ2n) is 5.63. The minimum Gasteiger partial charge on any atom is -0.708 e. The summed E-state index contributed by atoms with van der Waals surface area (Å²) in [7, 11) is -4.08. The van der Waals surface area contributed by atoms with Crippen molar-refractivity contribution < 1.29 is 22.6 Å². The van der Waals surface area contributed by atoms with E-state index in [0.717, 1.165) is 10.8 Å². The zero-order valence-corrected chi connectivity index (χ0v) is 19.0. The third-order valence-electron chi connectivity index (χ3n) is 3.47. The zero-order valence-electron chi connectivity index (χ0n) is 15.0. The van der Waals surface area contributed by atoms with E-state index in [1.165, 1.54) is 12.4 Å². The van der Waals surface area contributed by atoms with Gasteiger partial charge < -0.3 is 14.7 Å². The maximum atomic E-state index is 11.7. The predicted molar refractivity (Wildman–Crippen MR) is 114 cm³/mol. The van der Waals surface area contributed by atoms with Crippen LogP contribution >= 0.6 is 31.9 Å². The highest BCUT2D eigenvalue weighted by Crippen LogP contribution is 2.34. The van der Waals surface area contributed by atoms with Crippen molar-refractivity contribution in [2.24, 2.45) is 5.14 Å². The Bertz CT molecular complexity index is 1150. The van der Waals surface area contributed by atoms with E-state index < -0.39 is 10.2 Å². The van der Waals surface area contributed by atoms with Gasteiger partial charge in [-0.3, -0.25) is 4.72 Å². The molecule has 2 aromatic heterocycles. The van der Waals surface area contributed by atoms with Crippen molar-refractivity contribution in [3.8, 4) is 23.0 Å². The number of ether oxygens (including phenoxy) is 2. The Morgan fingerprint density at radius 2 is 1.77 bits per heavy atom. The maximum Gasteiger partial charge on any atom is 0.501 e. The number of nitrogens with one attached hydrogen (secondary N) is 1. The molecular weight excluding hydrogens is 548 g/mol. The molecule has 0 spiro atoms. The van der Waals surface area contributed by atoms with Crippen molar-refractivity contribution in [2.45, 2.75) is 0 Å². The molecule has 0 saturated carbocycles. The lowest BCUT2D eigenvalue weighted by molar-refractivity contribution is -0.617. The van der Waals surface area contributed by atoms with Gasteiger partial charge in [-0.15, -0.1) is 0 Å². The number of aromatic nitrogens is 4. The van der Waals surface area contributed by atoms with Crippen molar-refractivity contribution in [1.29, 1.82) is 0 Å². The van der Waals surface area contributed by atoms with Gasteiger partial charge in [-0.1, -0.05) is 28.1 Å². The van der Waals surface area contributed by atoms with Crippen LogP contribution in [0.2, 0.25) is 0 Å². The molecule has 158 valence electrons. The fourth-order valence-electron chi connectivity index (χ4n) is 2.31. The summed E-state index contributed by atoms with van der Waals surface area (Å²) < 4.78 is 37.9. The van der Waals surface area contributed by atoms with Crippen LogP contribution in [0.4, 0.5) is 5.82 Å². The Labute approximate surface area is 188 Å². The molecule has 3 aromatic rings. The lowest BCUT2D eigenvalue weighted by Gasteiger charge is -2.14. The summed E-state index contributed by atoms with van der Waals surface area (Å²) in [4.78, 5) is 11.9. The summed E-state index contributed by atoms with van der Waals surface area (Å²) in [5.41, 5.74) is 0.882. The number of nitrogens with two attached hydrogens (primary N) is 1. The number of hydrogen-bond acceptors (Lipinski definition) is 8. The Kier molecular flexibility index (Phi) is 7.02. The molecule has 2 heterocycles. The largest absolute Gasteiger partial charge is 0.708 e. The maximum absolute atomic E-state index is 11.7. The highest BCUT2D eigenvalue weighted by Gasteiger charge is 2.18. The average Bonchev–Trinajstić information content (AvgIpc) is 2.66. The van der Waals surface area contributed by atoms with E-state index in [-0.39, 0.29) is 30.9 Å². The van der Waals surface area contributed by atoms with E-state index in [0.29, 0.717) is 20.3 Å². The molecule has 11 nitrogen and oxygen atoms in total. The highest BCUT2D eigenvalue weighted by molar-refractivity contribution is 9.10. The van der Waals surface area contributed by atoms with Gasteiger partial charge in [0.25, 0.3) is 10.2 Å². The molecule has 0 atom stereocenters. The Morgan fingerprint density at radius 1 is 1.07 bits per heavy atom. The number of anilines is 1. The van der Waals surface area contributed by atoms with Crippen LogP contribution in [0.5, 0.6) is 11.9 Å². The standard InChI is InChI=1S/C16H14Br2N6O5S/c17-11-3-1-10(2-4-11)13-14(23-30(19,26)27)21-9-22-15(13)28-5-6-29-16-20-7-12(18)8-24(16)25/h1-4,7-9H,5-6H2,(H2,19,26,27)(H,21,22,23). The predicted octanol–water partition coefficient (Wildman–Crippen LogP) is 1.77. The summed E-state index contributed by atoms with van der Waals surface area (Å²) >= 11 is 6.47. The van der Waals surface area contributed by atoms with Gasteiger partial charge in [0.2, 0.25) is 5.88 Å². The molecule has 30 heavy (non-hydrogen) atoms. The first-order valence-corrected chi connectivity index (χ1v) is 11.3. The topological polar surface area (TPSA) is 156 Å². The van der Waals surface area contributed by atoms with Gasteiger partial charge in [0.1, 0.15) is 30.2 Å². The monoisotopic (exact) mass is 560 g/mol. The van der Waals surface area contributed by atoms with E-state index in [4.69, 9.17) is 14.6 Å². The van der Waals surface area contributed by atoms with Crippen molar-refractivity contribution in [3.63, 3.8) is 0 Å². The first kappa shape index (κ1) is 22.1. The van der Waals surface area contributed by atoms with Crippen LogP contribution in [-0.4, -0.2) is 36.6 Å². The lowest BCUT2D eigenvalue weighted by Crippen LogP contribution is -2.30. The van der Waals surface area contributed by atoms with Gasteiger partial charge in [-0.2, -0.15) is 13.1 Å². The molecule has 0 fully saturated rings. The van der Waals surface area contributed by atoms with E-state index in [1.807, 2.05) is 0 Å². The first-order valence-electron chi connectivity index (χ1n) is 8.15. The molecule has 0 aliphatic heterocycles. The second-order valence-corrected chi connectivity index (χ2v) is 8.76. The molecule has 0 radical (unpaired) electrons. The summed E-state index contributed by atoms with van der Waals surface area (Å²) in [6, 6.07) is 6.85. The Balaban J connectivity index is 1.81. The van der Waals surface area contributed by atoms with Crippen molar-refractivity contribution in [2.75, 3.05) is 17.9 Å². The number of rotatable bonds is 8. The zero-order chi connectivity index (χ0) is 21.7. The average molecular weight is 562 g/mol. The van der Waals surface area contributed by atoms with E-state index >= 15 is 0 Å². The summed E-state index contributed by atoms with van der Waals surface area (Å²) in [5.74, 6) is 0.0542. The normalized spacial score (nSPS) is 11.2. The number of halogens is 2. The molecule has 0 amide bonds. The third kappa shape index (κ3) is 5.98. The minimum absolute atomic E-state index is 0.00684. The SMILES string of the molecule is NS(=O)(=O)Nc1ncnc(OCCOc2ncc(Br)c[n+]2[O-])c1-c1ccc(Br)cc1. The van der Waals surface area contributed by atoms with Gasteiger partial charge in [0, 0.05) is 4.47 Å². The van der Waals surface area contributed by atoms with Crippen LogP contribution in [0.25, 0.3) is 11.1 Å². The summed E-state index contributed by atoms with van der Waals surface area (Å²) in [6.07, 6.45) is 3.81. The van der Waals surface area contributed by atoms with Crippen LogP contribution in [0, 0.1) is 5.21 Å². The quantitative estimate of drug-likeness (QED) is 0.239. The molecule has 3 N–H and O–H groups in total. The first-order chi connectivity index (χ1) is 14.2. The molecule has 1 aromatic carbocycles. The third-order valence-corrected chi connectivity index (χ3v) is 4.88. The van der Waals surface area contributed by atoms with Gasteiger partial charge >= 0.3 is 6.01 Å². The van der Waals surface area contributed by atoms with E-state index in [1.54, 1.807) is 24.3 Å². The number of hydrogen-bond donors (Lipinski definition) is 2. The molecule has 14 heteroatoms. The van der Waals surface area contributed by atoms with Crippen molar-refractivity contribution in [3.05, 3.63) is 57.1 Å². The summed E-state index contributed by atoms with van der Waals surface area (Å²) in [5, 5.41) is 16.8. The van der Waals surface area contributed by atoms with Crippen LogP contribution < -0.4 is 24.1 Å². The highest BCUT2D eigenvalue weighted by atomic mass is 79.9. The second kappa shape index (κ2) is 9.51.